The molecule has 3 unspecified atom stereocenters. The van der Waals surface area contributed by atoms with Crippen molar-refractivity contribution in [3.05, 3.63) is 53.1 Å². The summed E-state index contributed by atoms with van der Waals surface area (Å²) in [6.07, 6.45) is 6.37. The van der Waals surface area contributed by atoms with Crippen molar-refractivity contribution in [2.45, 2.75) is 105 Å². The lowest BCUT2D eigenvalue weighted by molar-refractivity contribution is -0.148. The molecule has 3 aliphatic rings. The van der Waals surface area contributed by atoms with Gasteiger partial charge < -0.3 is 20.2 Å². The number of carbonyl (C=O) groups excluding carboxylic acids is 1. The molecule has 2 aliphatic heterocycles. The minimum atomic E-state index is -4.12. The number of carboxylic acids is 1. The van der Waals surface area contributed by atoms with Gasteiger partial charge in [0.05, 0.1) is 16.9 Å². The summed E-state index contributed by atoms with van der Waals surface area (Å²) in [4.78, 5) is 38.1. The van der Waals surface area contributed by atoms with Gasteiger partial charge in [0.25, 0.3) is 0 Å². The van der Waals surface area contributed by atoms with Gasteiger partial charge in [-0.25, -0.2) is 22.7 Å². The number of carbonyl (C=O) groups is 2. The van der Waals surface area contributed by atoms with Crippen LogP contribution in [0.2, 0.25) is 5.02 Å². The van der Waals surface area contributed by atoms with Crippen LogP contribution < -0.4 is 14.8 Å². The number of unbranched alkanes of at least 4 members (excludes halogenated alkanes) is 1. The predicted molar refractivity (Wildman–Crippen MR) is 184 cm³/mol. The van der Waals surface area contributed by atoms with E-state index >= 15 is 0 Å². The van der Waals surface area contributed by atoms with E-state index in [1.54, 1.807) is 30.3 Å². The van der Waals surface area contributed by atoms with Gasteiger partial charge in [-0.3, -0.25) is 9.36 Å². The van der Waals surface area contributed by atoms with Crippen LogP contribution in [0.4, 0.5) is 5.69 Å². The number of halogens is 1. The van der Waals surface area contributed by atoms with Crippen molar-refractivity contribution >= 4 is 58.5 Å². The summed E-state index contributed by atoms with van der Waals surface area (Å²) in [5.41, 5.74) is 1.43. The lowest BCUT2D eigenvalue weighted by Gasteiger charge is -2.33. The number of nitrogens with zero attached hydrogens (tertiary/aromatic N) is 1. The second kappa shape index (κ2) is 15.6. The second-order valence-electron chi connectivity index (χ2n) is 12.8. The third kappa shape index (κ3) is 8.92. The van der Waals surface area contributed by atoms with Gasteiger partial charge in [0, 0.05) is 23.1 Å². The Kier molecular flexibility index (Phi) is 12.0. The molecule has 47 heavy (non-hydrogen) atoms. The Hall–Kier alpha value is -2.12. The van der Waals surface area contributed by atoms with Gasteiger partial charge in [0.2, 0.25) is 23.3 Å². The Labute approximate surface area is 286 Å². The first kappa shape index (κ1) is 36.2. The van der Waals surface area contributed by atoms with Crippen LogP contribution in [0.3, 0.4) is 0 Å². The Morgan fingerprint density at radius 1 is 1.17 bits per heavy atom. The van der Waals surface area contributed by atoms with Gasteiger partial charge in [-0.1, -0.05) is 74.5 Å². The van der Waals surface area contributed by atoms with E-state index in [1.807, 2.05) is 6.07 Å². The highest BCUT2D eigenvalue weighted by atomic mass is 35.5. The number of nitrogens with one attached hydrogen (secondary N) is 3. The van der Waals surface area contributed by atoms with Crippen molar-refractivity contribution in [2.75, 3.05) is 17.6 Å². The molecule has 1 amide bonds. The molecule has 11 nitrogen and oxygen atoms in total. The number of rotatable bonds is 14. The summed E-state index contributed by atoms with van der Waals surface area (Å²) in [6, 6.07) is 10.2. The molecule has 0 radical (unpaired) electrons. The summed E-state index contributed by atoms with van der Waals surface area (Å²) in [6.45, 7) is 2.12. The first-order valence-corrected chi connectivity index (χ1v) is 21.0. The van der Waals surface area contributed by atoms with Crippen LogP contribution in [0, 0.1) is 5.92 Å². The number of sulfonamides is 1. The standard InChI is InChI=1S/C32H44ClN4O7PS2/c1-2-3-15-30-34-25-18-23(33)29(19-28(25)46-35-30)47(43,44)36-24(21-10-5-4-6-11-21)13-9-16-45(41,42)20-31(38)37-26-14-8-7-12-22(26)17-27(37)32(39)40/h4-6,10-11,18-19,22,24,26-27,30,34-36H,2-3,7-9,12-17,20H2,1H3,(H,39,40)(H,41,42)/t22-,24?,26-,27+,30?/m1/s1. The molecule has 1 saturated carbocycles. The molecule has 5 N–H and O–H groups in total. The third-order valence-corrected chi connectivity index (χ3v) is 14.0. The zero-order valence-corrected chi connectivity index (χ0v) is 29.7. The molecule has 0 aromatic heterocycles. The van der Waals surface area contributed by atoms with Crippen LogP contribution >= 0.6 is 30.9 Å². The number of hydrogen-bond acceptors (Lipinski definition) is 8. The van der Waals surface area contributed by atoms with Crippen LogP contribution in [-0.2, 0) is 24.2 Å². The maximum Gasteiger partial charge on any atom is 0.326 e. The molecule has 2 aromatic rings. The number of hydrogen-bond donors (Lipinski definition) is 5. The molecule has 2 heterocycles. The number of amides is 1. The van der Waals surface area contributed by atoms with Gasteiger partial charge in [-0.05, 0) is 74.1 Å². The summed E-state index contributed by atoms with van der Waals surface area (Å²) in [7, 11) is -8.11. The minimum Gasteiger partial charge on any atom is -0.480 e. The first-order valence-electron chi connectivity index (χ1n) is 16.3. The maximum absolute atomic E-state index is 13.7. The van der Waals surface area contributed by atoms with Crippen molar-refractivity contribution in [3.63, 3.8) is 0 Å². The lowest BCUT2D eigenvalue weighted by Crippen LogP contribution is -2.47. The Bertz CT molecular complexity index is 1600. The van der Waals surface area contributed by atoms with E-state index in [0.717, 1.165) is 44.2 Å². The smallest absolute Gasteiger partial charge is 0.326 e. The van der Waals surface area contributed by atoms with Gasteiger partial charge in [0.1, 0.15) is 17.1 Å². The van der Waals surface area contributed by atoms with E-state index in [4.69, 9.17) is 11.6 Å². The number of anilines is 1. The predicted octanol–water partition coefficient (Wildman–Crippen LogP) is 6.19. The van der Waals surface area contributed by atoms with E-state index in [-0.39, 0.29) is 47.0 Å². The molecule has 6 atom stereocenters. The highest BCUT2D eigenvalue weighted by Gasteiger charge is 2.48. The fraction of sp³-hybridized carbons (Fsp3) is 0.562. The van der Waals surface area contributed by atoms with Crippen LogP contribution in [0.25, 0.3) is 0 Å². The molecule has 15 heteroatoms. The molecule has 1 aliphatic carbocycles. The van der Waals surface area contributed by atoms with E-state index < -0.39 is 47.5 Å². The molecule has 2 aromatic carbocycles. The van der Waals surface area contributed by atoms with Gasteiger partial charge in [-0.15, -0.1) is 0 Å². The number of likely N-dealkylation sites (tertiary alicyclic amines) is 1. The van der Waals surface area contributed by atoms with Crippen molar-refractivity contribution in [2.24, 2.45) is 5.92 Å². The maximum atomic E-state index is 13.7. The first-order chi connectivity index (χ1) is 22.4. The number of carboxylic acid groups (broad SMARTS) is 1. The molecular weight excluding hydrogens is 683 g/mol. The topological polar surface area (TPSA) is 165 Å². The van der Waals surface area contributed by atoms with Crippen molar-refractivity contribution in [3.8, 4) is 0 Å². The van der Waals surface area contributed by atoms with Crippen LogP contribution in [-0.4, -0.2) is 65.8 Å². The second-order valence-corrected chi connectivity index (χ2v) is 18.2. The van der Waals surface area contributed by atoms with Crippen LogP contribution in [0.5, 0.6) is 0 Å². The summed E-state index contributed by atoms with van der Waals surface area (Å²) < 4.78 is 46.8. The zero-order chi connectivity index (χ0) is 33.8. The Morgan fingerprint density at radius 2 is 1.91 bits per heavy atom. The number of fused-ring (bicyclic) bond motifs is 2. The third-order valence-electron chi connectivity index (χ3n) is 9.35. The van der Waals surface area contributed by atoms with E-state index in [2.05, 4.69) is 21.7 Å². The fourth-order valence-corrected chi connectivity index (χ4v) is 11.2. The molecule has 5 rings (SSSR count). The van der Waals surface area contributed by atoms with Crippen LogP contribution in [0.1, 0.15) is 82.7 Å². The van der Waals surface area contributed by atoms with E-state index in [1.165, 1.54) is 22.9 Å². The number of aliphatic carboxylic acids is 1. The summed E-state index contributed by atoms with van der Waals surface area (Å²) in [5, 5.41) is 13.2. The van der Waals surface area contributed by atoms with Gasteiger partial charge >= 0.3 is 5.97 Å². The molecular formula is C32H44ClN4O7PS2. The molecule has 0 spiro atoms. The van der Waals surface area contributed by atoms with Crippen molar-refractivity contribution in [1.82, 2.24) is 14.3 Å². The molecule has 2 fully saturated rings. The Balaban J connectivity index is 1.25. The normalized spacial score (nSPS) is 24.4. The highest BCUT2D eigenvalue weighted by molar-refractivity contribution is 7.97. The van der Waals surface area contributed by atoms with E-state index in [0.29, 0.717) is 23.3 Å². The van der Waals surface area contributed by atoms with Gasteiger partial charge in [0.15, 0.2) is 0 Å². The minimum absolute atomic E-state index is 0.0440. The quantitative estimate of drug-likeness (QED) is 0.112. The average Bonchev–Trinajstić information content (AvgIpc) is 3.43. The average molecular weight is 727 g/mol. The van der Waals surface area contributed by atoms with Crippen LogP contribution in [0.15, 0.2) is 52.3 Å². The largest absolute Gasteiger partial charge is 0.480 e. The zero-order valence-electron chi connectivity index (χ0n) is 26.4. The Morgan fingerprint density at radius 3 is 2.64 bits per heavy atom. The van der Waals surface area contributed by atoms with Crippen molar-refractivity contribution < 1.29 is 32.6 Å². The molecule has 1 saturated heterocycles. The van der Waals surface area contributed by atoms with Gasteiger partial charge in [-0.2, -0.15) is 0 Å². The van der Waals surface area contributed by atoms with Crippen molar-refractivity contribution in [1.29, 1.82) is 0 Å². The monoisotopic (exact) mass is 726 g/mol. The van der Waals surface area contributed by atoms with E-state index in [9.17, 15) is 32.6 Å². The lowest BCUT2D eigenvalue weighted by atomic mass is 9.85. The molecule has 258 valence electrons. The summed E-state index contributed by atoms with van der Waals surface area (Å²) in [5.74, 6) is -1.58. The molecule has 0 bridgehead atoms. The summed E-state index contributed by atoms with van der Waals surface area (Å²) >= 11 is 7.89. The number of benzene rings is 2. The highest BCUT2D eigenvalue weighted by Crippen LogP contribution is 2.46. The fourth-order valence-electron chi connectivity index (χ4n) is 7.01. The SMILES string of the molecule is CCCCC1NSc2cc(S(=O)(=O)NC(CCCP(=O)(O)CC(=O)N3[C@@H]4CCCC[C@@H]4C[C@H]3C(=O)O)c3ccccc3)c(Cl)cc2N1.